The summed E-state index contributed by atoms with van der Waals surface area (Å²) in [5, 5.41) is 3.83. The van der Waals surface area contributed by atoms with Crippen LogP contribution in [0, 0.1) is 13.8 Å². The molecule has 1 aromatic rings. The molecule has 0 spiro atoms. The molecular weight excluding hydrogens is 286 g/mol. The Morgan fingerprint density at radius 3 is 2.81 bits per heavy atom. The van der Waals surface area contributed by atoms with Crippen LogP contribution in [-0.4, -0.2) is 41.5 Å². The standard InChI is InChI=1S/C15H25N3O2S/c1-11-12(2)18(13-6-4-5-7-13)15(17-11)21-10-14(19)16-8-9-20-3/h13H,4-10H2,1-3H3,(H,16,19). The van der Waals surface area contributed by atoms with Gasteiger partial charge in [0.05, 0.1) is 18.1 Å². The molecule has 118 valence electrons. The summed E-state index contributed by atoms with van der Waals surface area (Å²) in [6.07, 6.45) is 5.04. The first-order valence-electron chi connectivity index (χ1n) is 7.57. The van der Waals surface area contributed by atoms with Gasteiger partial charge in [0.15, 0.2) is 5.16 Å². The number of carbonyl (C=O) groups is 1. The Morgan fingerprint density at radius 2 is 2.14 bits per heavy atom. The van der Waals surface area contributed by atoms with Gasteiger partial charge in [-0.25, -0.2) is 4.98 Å². The molecule has 0 saturated heterocycles. The summed E-state index contributed by atoms with van der Waals surface area (Å²) >= 11 is 1.53. The number of nitrogens with one attached hydrogen (secondary N) is 1. The molecule has 1 aromatic heterocycles. The van der Waals surface area contributed by atoms with E-state index in [-0.39, 0.29) is 5.91 Å². The fraction of sp³-hybridized carbons (Fsp3) is 0.733. The van der Waals surface area contributed by atoms with Crippen LogP contribution in [0.5, 0.6) is 0 Å². The number of thioether (sulfide) groups is 1. The van der Waals surface area contributed by atoms with Crippen LogP contribution in [0.3, 0.4) is 0 Å². The van der Waals surface area contributed by atoms with Crippen LogP contribution in [-0.2, 0) is 9.53 Å². The highest BCUT2D eigenvalue weighted by Crippen LogP contribution is 2.35. The first-order chi connectivity index (χ1) is 10.1. The average Bonchev–Trinajstić information content (AvgIpc) is 3.06. The molecule has 1 fully saturated rings. The van der Waals surface area contributed by atoms with Crippen LogP contribution in [0.4, 0.5) is 0 Å². The number of hydrogen-bond donors (Lipinski definition) is 1. The fourth-order valence-corrected chi connectivity index (χ4v) is 3.75. The zero-order valence-electron chi connectivity index (χ0n) is 13.1. The highest BCUT2D eigenvalue weighted by Gasteiger charge is 2.23. The van der Waals surface area contributed by atoms with Crippen LogP contribution in [0.1, 0.15) is 43.1 Å². The predicted molar refractivity (Wildman–Crippen MR) is 84.8 cm³/mol. The summed E-state index contributed by atoms with van der Waals surface area (Å²) in [4.78, 5) is 16.4. The molecule has 0 bridgehead atoms. The van der Waals surface area contributed by atoms with Gasteiger partial charge in [0, 0.05) is 25.4 Å². The Kier molecular flexibility index (Phi) is 6.11. The maximum absolute atomic E-state index is 11.8. The monoisotopic (exact) mass is 311 g/mol. The number of rotatable bonds is 7. The van der Waals surface area contributed by atoms with Crippen LogP contribution >= 0.6 is 11.8 Å². The van der Waals surface area contributed by atoms with Gasteiger partial charge in [-0.2, -0.15) is 0 Å². The van der Waals surface area contributed by atoms with E-state index in [2.05, 4.69) is 21.8 Å². The number of imidazole rings is 1. The van der Waals surface area contributed by atoms with Crippen LogP contribution in [0.15, 0.2) is 5.16 Å². The molecule has 1 aliphatic carbocycles. The van der Waals surface area contributed by atoms with Crippen molar-refractivity contribution < 1.29 is 9.53 Å². The first-order valence-corrected chi connectivity index (χ1v) is 8.56. The van der Waals surface area contributed by atoms with Crippen LogP contribution in [0.25, 0.3) is 0 Å². The van der Waals surface area contributed by atoms with Gasteiger partial charge >= 0.3 is 0 Å². The van der Waals surface area contributed by atoms with Gasteiger partial charge in [-0.3, -0.25) is 4.79 Å². The third kappa shape index (κ3) is 4.23. The lowest BCUT2D eigenvalue weighted by Crippen LogP contribution is -2.28. The van der Waals surface area contributed by atoms with Crippen molar-refractivity contribution in [2.24, 2.45) is 0 Å². The first kappa shape index (κ1) is 16.4. The lowest BCUT2D eigenvalue weighted by atomic mass is 10.2. The third-order valence-corrected chi connectivity index (χ3v) is 4.96. The van der Waals surface area contributed by atoms with E-state index in [4.69, 9.17) is 4.74 Å². The molecule has 0 unspecified atom stereocenters. The lowest BCUT2D eigenvalue weighted by molar-refractivity contribution is -0.118. The normalized spacial score (nSPS) is 15.6. The van der Waals surface area contributed by atoms with E-state index in [1.165, 1.54) is 43.1 Å². The van der Waals surface area contributed by atoms with E-state index in [0.717, 1.165) is 10.9 Å². The molecule has 21 heavy (non-hydrogen) atoms. The van der Waals surface area contributed by atoms with E-state index in [1.54, 1.807) is 7.11 Å². The van der Waals surface area contributed by atoms with Crippen LogP contribution < -0.4 is 5.32 Å². The van der Waals surface area contributed by atoms with Gasteiger partial charge in [0.25, 0.3) is 0 Å². The molecule has 1 saturated carbocycles. The quantitative estimate of drug-likeness (QED) is 0.621. The Morgan fingerprint density at radius 1 is 1.43 bits per heavy atom. The SMILES string of the molecule is COCCNC(=O)CSc1nc(C)c(C)n1C1CCCC1. The second-order valence-corrected chi connectivity index (χ2v) is 6.45. The van der Waals surface area contributed by atoms with Gasteiger partial charge < -0.3 is 14.6 Å². The van der Waals surface area contributed by atoms with Gasteiger partial charge in [0.2, 0.25) is 5.91 Å². The van der Waals surface area contributed by atoms with E-state index < -0.39 is 0 Å². The smallest absolute Gasteiger partial charge is 0.230 e. The summed E-state index contributed by atoms with van der Waals surface area (Å²) in [6.45, 7) is 5.28. The van der Waals surface area contributed by atoms with E-state index in [9.17, 15) is 4.79 Å². The highest BCUT2D eigenvalue weighted by atomic mass is 32.2. The molecule has 0 atom stereocenters. The summed E-state index contributed by atoms with van der Waals surface area (Å²) in [6, 6.07) is 0.560. The minimum atomic E-state index is 0.0355. The van der Waals surface area contributed by atoms with Crippen molar-refractivity contribution in [3.63, 3.8) is 0 Å². The minimum absolute atomic E-state index is 0.0355. The molecule has 5 nitrogen and oxygen atoms in total. The fourth-order valence-electron chi connectivity index (χ4n) is 2.76. The lowest BCUT2D eigenvalue weighted by Gasteiger charge is -2.16. The van der Waals surface area contributed by atoms with Crippen molar-refractivity contribution in [1.29, 1.82) is 0 Å². The average molecular weight is 311 g/mol. The number of methoxy groups -OCH3 is 1. The Bertz CT molecular complexity index is 482. The highest BCUT2D eigenvalue weighted by molar-refractivity contribution is 7.99. The van der Waals surface area contributed by atoms with Crippen molar-refractivity contribution in [2.75, 3.05) is 26.0 Å². The van der Waals surface area contributed by atoms with E-state index >= 15 is 0 Å². The zero-order valence-corrected chi connectivity index (χ0v) is 14.0. The Hall–Kier alpha value is -1.01. The molecule has 1 amide bonds. The molecule has 1 heterocycles. The van der Waals surface area contributed by atoms with Crippen molar-refractivity contribution in [1.82, 2.24) is 14.9 Å². The molecule has 1 N–H and O–H groups in total. The molecule has 6 heteroatoms. The molecule has 0 aromatic carbocycles. The molecular formula is C15H25N3O2S. The number of hydrogen-bond acceptors (Lipinski definition) is 4. The van der Waals surface area contributed by atoms with Crippen molar-refractivity contribution in [2.45, 2.75) is 50.7 Å². The summed E-state index contributed by atoms with van der Waals surface area (Å²) in [5.41, 5.74) is 2.31. The number of aromatic nitrogens is 2. The van der Waals surface area contributed by atoms with Gasteiger partial charge in [-0.15, -0.1) is 0 Å². The van der Waals surface area contributed by atoms with E-state index in [0.29, 0.717) is 24.9 Å². The number of aryl methyl sites for hydroxylation is 1. The molecule has 0 aliphatic heterocycles. The summed E-state index contributed by atoms with van der Waals surface area (Å²) in [5.74, 6) is 0.445. The summed E-state index contributed by atoms with van der Waals surface area (Å²) in [7, 11) is 1.63. The van der Waals surface area contributed by atoms with Gasteiger partial charge in [-0.1, -0.05) is 24.6 Å². The van der Waals surface area contributed by atoms with Gasteiger partial charge in [-0.05, 0) is 26.7 Å². The van der Waals surface area contributed by atoms with Crippen molar-refractivity contribution in [3.05, 3.63) is 11.4 Å². The third-order valence-electron chi connectivity index (χ3n) is 4.00. The predicted octanol–water partition coefficient (Wildman–Crippen LogP) is 2.47. The molecule has 0 radical (unpaired) electrons. The molecule has 1 aliphatic rings. The Balaban J connectivity index is 1.96. The number of ether oxygens (including phenoxy) is 1. The second kappa shape index (κ2) is 7.84. The van der Waals surface area contributed by atoms with Gasteiger partial charge in [0.1, 0.15) is 0 Å². The number of amides is 1. The number of nitrogens with zero attached hydrogens (tertiary/aromatic N) is 2. The maximum atomic E-state index is 11.8. The summed E-state index contributed by atoms with van der Waals surface area (Å²) < 4.78 is 7.27. The van der Waals surface area contributed by atoms with Crippen molar-refractivity contribution >= 4 is 17.7 Å². The Labute approximate surface area is 130 Å². The van der Waals surface area contributed by atoms with Crippen LogP contribution in [0.2, 0.25) is 0 Å². The van der Waals surface area contributed by atoms with Crippen molar-refractivity contribution in [3.8, 4) is 0 Å². The molecule has 2 rings (SSSR count). The largest absolute Gasteiger partial charge is 0.383 e. The topological polar surface area (TPSA) is 56.1 Å². The zero-order chi connectivity index (χ0) is 15.2. The van der Waals surface area contributed by atoms with E-state index in [1.807, 2.05) is 6.92 Å². The minimum Gasteiger partial charge on any atom is -0.383 e. The second-order valence-electron chi connectivity index (χ2n) is 5.50. The maximum Gasteiger partial charge on any atom is 0.230 e. The number of carbonyl (C=O) groups excluding carboxylic acids is 1.